The minimum Gasteiger partial charge on any atom is -0.480 e. The lowest BCUT2D eigenvalue weighted by Crippen LogP contribution is -2.31. The maximum Gasteiger partial charge on any atom is 0.323 e. The largest absolute Gasteiger partial charge is 0.480 e. The van der Waals surface area contributed by atoms with Gasteiger partial charge in [0, 0.05) is 13.6 Å². The highest BCUT2D eigenvalue weighted by Crippen LogP contribution is 2.09. The molecule has 0 fully saturated rings. The zero-order valence-electron chi connectivity index (χ0n) is 10.4. The number of hydrogen-bond acceptors (Lipinski definition) is 5. The minimum atomic E-state index is -0.930. The predicted octanol–water partition coefficient (Wildman–Crippen LogP) is 0.137. The summed E-state index contributed by atoms with van der Waals surface area (Å²) in [6.45, 7) is 2.38. The van der Waals surface area contributed by atoms with Crippen molar-refractivity contribution in [2.75, 3.05) is 25.0 Å². The first kappa shape index (κ1) is 13.9. The molecule has 0 bridgehead atoms. The molecule has 98 valence electrons. The molecule has 0 saturated heterocycles. The fourth-order valence-electron chi connectivity index (χ4n) is 1.45. The molecule has 0 unspecified atom stereocenters. The lowest BCUT2D eigenvalue weighted by atomic mass is 10.3. The number of carbonyl (C=O) groups excluding carboxylic acids is 1. The van der Waals surface area contributed by atoms with Crippen molar-refractivity contribution in [3.05, 3.63) is 17.8 Å². The van der Waals surface area contributed by atoms with Crippen LogP contribution in [0.5, 0.6) is 0 Å². The predicted molar refractivity (Wildman–Crippen MR) is 65.6 cm³/mol. The highest BCUT2D eigenvalue weighted by molar-refractivity contribution is 5.91. The highest BCUT2D eigenvalue weighted by atomic mass is 16.4. The van der Waals surface area contributed by atoms with Crippen LogP contribution < -0.4 is 10.2 Å². The summed E-state index contributed by atoms with van der Waals surface area (Å²) >= 11 is 0. The number of carbonyl (C=O) groups is 2. The van der Waals surface area contributed by atoms with Gasteiger partial charge in [-0.3, -0.25) is 9.59 Å². The third-order valence-electron chi connectivity index (χ3n) is 2.25. The van der Waals surface area contributed by atoms with Crippen LogP contribution in [0.4, 0.5) is 5.82 Å². The number of amides is 1. The second-order valence-corrected chi connectivity index (χ2v) is 3.67. The third kappa shape index (κ3) is 3.69. The van der Waals surface area contributed by atoms with Gasteiger partial charge in [-0.25, -0.2) is 0 Å². The van der Waals surface area contributed by atoms with Crippen LogP contribution in [-0.4, -0.2) is 47.3 Å². The van der Waals surface area contributed by atoms with Crippen LogP contribution in [0.25, 0.3) is 0 Å². The molecule has 1 rings (SSSR count). The average molecular weight is 252 g/mol. The first-order valence-electron chi connectivity index (χ1n) is 5.61. The Labute approximate surface area is 105 Å². The quantitative estimate of drug-likeness (QED) is 0.747. The molecule has 0 aliphatic heterocycles. The molecule has 1 amide bonds. The Kier molecular flexibility index (Phi) is 5.04. The number of aromatic nitrogens is 2. The van der Waals surface area contributed by atoms with E-state index in [0.29, 0.717) is 12.4 Å². The average Bonchev–Trinajstić information content (AvgIpc) is 2.37. The van der Waals surface area contributed by atoms with E-state index in [1.807, 2.05) is 6.92 Å². The van der Waals surface area contributed by atoms with E-state index in [1.165, 1.54) is 13.1 Å². The zero-order chi connectivity index (χ0) is 13.5. The molecule has 18 heavy (non-hydrogen) atoms. The van der Waals surface area contributed by atoms with Crippen molar-refractivity contribution in [3.63, 3.8) is 0 Å². The van der Waals surface area contributed by atoms with Crippen LogP contribution in [0.2, 0.25) is 0 Å². The fourth-order valence-corrected chi connectivity index (χ4v) is 1.45. The number of carboxylic acid groups (broad SMARTS) is 1. The number of rotatable bonds is 6. The molecule has 0 atom stereocenters. The van der Waals surface area contributed by atoms with Crippen molar-refractivity contribution in [2.24, 2.45) is 0 Å². The maximum absolute atomic E-state index is 11.3. The van der Waals surface area contributed by atoms with Crippen molar-refractivity contribution < 1.29 is 14.7 Å². The molecule has 7 nitrogen and oxygen atoms in total. The van der Waals surface area contributed by atoms with Crippen LogP contribution in [0.1, 0.15) is 23.8 Å². The topological polar surface area (TPSA) is 95.4 Å². The van der Waals surface area contributed by atoms with Crippen LogP contribution in [0.15, 0.2) is 12.1 Å². The second kappa shape index (κ2) is 6.53. The van der Waals surface area contributed by atoms with Gasteiger partial charge in [0.1, 0.15) is 6.54 Å². The van der Waals surface area contributed by atoms with Crippen molar-refractivity contribution in [3.8, 4) is 0 Å². The van der Waals surface area contributed by atoms with Gasteiger partial charge < -0.3 is 15.3 Å². The molecule has 0 spiro atoms. The Hall–Kier alpha value is -2.18. The van der Waals surface area contributed by atoms with Gasteiger partial charge >= 0.3 is 5.97 Å². The molecule has 1 aromatic rings. The molecule has 1 aromatic heterocycles. The summed E-state index contributed by atoms with van der Waals surface area (Å²) in [7, 11) is 1.51. The Morgan fingerprint density at radius 3 is 2.56 bits per heavy atom. The van der Waals surface area contributed by atoms with E-state index in [4.69, 9.17) is 5.11 Å². The van der Waals surface area contributed by atoms with Gasteiger partial charge in [-0.05, 0) is 18.6 Å². The summed E-state index contributed by atoms with van der Waals surface area (Å²) in [6.07, 6.45) is 0.798. The summed E-state index contributed by atoms with van der Waals surface area (Å²) < 4.78 is 0. The number of aliphatic carboxylic acids is 1. The Morgan fingerprint density at radius 2 is 2.11 bits per heavy atom. The molecular weight excluding hydrogens is 236 g/mol. The van der Waals surface area contributed by atoms with Crippen LogP contribution in [0, 0.1) is 0 Å². The lowest BCUT2D eigenvalue weighted by Gasteiger charge is -2.20. The second-order valence-electron chi connectivity index (χ2n) is 3.67. The van der Waals surface area contributed by atoms with E-state index in [1.54, 1.807) is 11.0 Å². The fraction of sp³-hybridized carbons (Fsp3) is 0.455. The Bertz CT molecular complexity index is 419. The molecule has 0 aliphatic carbocycles. The normalized spacial score (nSPS) is 9.89. The standard InChI is InChI=1S/C11H16N4O3/c1-3-6-15(7-10(16)17)9-5-4-8(13-14-9)11(18)12-2/h4-5H,3,6-7H2,1-2H3,(H,12,18)(H,16,17). The maximum atomic E-state index is 11.3. The van der Waals surface area contributed by atoms with Gasteiger partial charge in [0.05, 0.1) is 0 Å². The van der Waals surface area contributed by atoms with E-state index in [-0.39, 0.29) is 18.1 Å². The molecule has 7 heteroatoms. The first-order valence-corrected chi connectivity index (χ1v) is 5.61. The van der Waals surface area contributed by atoms with Gasteiger partial charge in [0.2, 0.25) is 0 Å². The van der Waals surface area contributed by atoms with Crippen molar-refractivity contribution >= 4 is 17.7 Å². The van der Waals surface area contributed by atoms with Crippen molar-refractivity contribution in [2.45, 2.75) is 13.3 Å². The molecule has 1 heterocycles. The third-order valence-corrected chi connectivity index (χ3v) is 2.25. The summed E-state index contributed by atoms with van der Waals surface area (Å²) in [5, 5.41) is 18.9. The minimum absolute atomic E-state index is 0.137. The summed E-state index contributed by atoms with van der Waals surface area (Å²) in [4.78, 5) is 23.6. The van der Waals surface area contributed by atoms with E-state index >= 15 is 0 Å². The van der Waals surface area contributed by atoms with Crippen molar-refractivity contribution in [1.82, 2.24) is 15.5 Å². The molecular formula is C11H16N4O3. The van der Waals surface area contributed by atoms with Gasteiger partial charge in [-0.1, -0.05) is 6.92 Å². The summed E-state index contributed by atoms with van der Waals surface area (Å²) in [6, 6.07) is 3.11. The van der Waals surface area contributed by atoms with Crippen LogP contribution in [0.3, 0.4) is 0 Å². The molecule has 2 N–H and O–H groups in total. The van der Waals surface area contributed by atoms with Crippen molar-refractivity contribution in [1.29, 1.82) is 0 Å². The van der Waals surface area contributed by atoms with Gasteiger partial charge in [-0.15, -0.1) is 10.2 Å². The van der Waals surface area contributed by atoms with Crippen LogP contribution in [-0.2, 0) is 4.79 Å². The number of nitrogens with one attached hydrogen (secondary N) is 1. The molecule has 0 aromatic carbocycles. The first-order chi connectivity index (χ1) is 8.58. The Balaban J connectivity index is 2.86. The van der Waals surface area contributed by atoms with Gasteiger partial charge in [-0.2, -0.15) is 0 Å². The van der Waals surface area contributed by atoms with Gasteiger partial charge in [0.15, 0.2) is 11.5 Å². The van der Waals surface area contributed by atoms with Crippen LogP contribution >= 0.6 is 0 Å². The molecule has 0 saturated carbocycles. The lowest BCUT2D eigenvalue weighted by molar-refractivity contribution is -0.135. The van der Waals surface area contributed by atoms with E-state index in [0.717, 1.165) is 6.42 Å². The van der Waals surface area contributed by atoms with Gasteiger partial charge in [0.25, 0.3) is 5.91 Å². The SMILES string of the molecule is CCCN(CC(=O)O)c1ccc(C(=O)NC)nn1. The Morgan fingerprint density at radius 1 is 1.39 bits per heavy atom. The van der Waals surface area contributed by atoms with E-state index in [9.17, 15) is 9.59 Å². The van der Waals surface area contributed by atoms with E-state index < -0.39 is 5.97 Å². The molecule has 0 radical (unpaired) electrons. The number of nitrogens with zero attached hydrogens (tertiary/aromatic N) is 3. The number of carboxylic acids is 1. The van der Waals surface area contributed by atoms with E-state index in [2.05, 4.69) is 15.5 Å². The number of anilines is 1. The highest BCUT2D eigenvalue weighted by Gasteiger charge is 2.13. The summed E-state index contributed by atoms with van der Waals surface area (Å²) in [5.41, 5.74) is 0.202. The zero-order valence-corrected chi connectivity index (χ0v) is 10.4. The number of hydrogen-bond donors (Lipinski definition) is 2. The summed E-state index contributed by atoms with van der Waals surface area (Å²) in [5.74, 6) is -0.804. The smallest absolute Gasteiger partial charge is 0.323 e. The monoisotopic (exact) mass is 252 g/mol. The molecule has 0 aliphatic rings.